The standard InChI is InChI=1S/C26H21BrFNO4S2/c1-3-32-22-13-17(12-21(27)24(22)33-15-16-4-6-18(28)7-5-16)14-23-25(30)29(26(34)35-23)19-8-10-20(31-2)11-9-19/h4-14H,3,15H2,1-2H3/b23-14+. The average Bonchev–Trinajstić information content (AvgIpc) is 3.12. The van der Waals surface area contributed by atoms with Crippen molar-refractivity contribution >= 4 is 61.9 Å². The van der Waals surface area contributed by atoms with Crippen LogP contribution in [0.15, 0.2) is 70.0 Å². The number of rotatable bonds is 8. The van der Waals surface area contributed by atoms with Crippen LogP contribution in [-0.2, 0) is 11.4 Å². The first kappa shape index (κ1) is 25.2. The summed E-state index contributed by atoms with van der Waals surface area (Å²) in [6.07, 6.45) is 1.78. The van der Waals surface area contributed by atoms with Gasteiger partial charge in [0.2, 0.25) is 0 Å². The van der Waals surface area contributed by atoms with Crippen molar-refractivity contribution in [1.82, 2.24) is 0 Å². The molecule has 180 valence electrons. The van der Waals surface area contributed by atoms with Gasteiger partial charge in [0.25, 0.3) is 5.91 Å². The fourth-order valence-electron chi connectivity index (χ4n) is 3.38. The third-order valence-corrected chi connectivity index (χ3v) is 6.94. The van der Waals surface area contributed by atoms with Crippen molar-refractivity contribution < 1.29 is 23.4 Å². The lowest BCUT2D eigenvalue weighted by Crippen LogP contribution is -2.27. The van der Waals surface area contributed by atoms with Gasteiger partial charge in [0.15, 0.2) is 15.8 Å². The molecule has 0 N–H and O–H groups in total. The fourth-order valence-corrected chi connectivity index (χ4v) is 5.26. The minimum Gasteiger partial charge on any atom is -0.497 e. The van der Waals surface area contributed by atoms with Gasteiger partial charge in [0, 0.05) is 0 Å². The normalized spacial score (nSPS) is 14.5. The minimum absolute atomic E-state index is 0.198. The smallest absolute Gasteiger partial charge is 0.270 e. The molecule has 0 spiro atoms. The van der Waals surface area contributed by atoms with Crippen LogP contribution in [0, 0.1) is 5.82 Å². The van der Waals surface area contributed by atoms with E-state index in [1.807, 2.05) is 19.1 Å². The van der Waals surface area contributed by atoms with Gasteiger partial charge in [-0.05, 0) is 88.6 Å². The fraction of sp³-hybridized carbons (Fsp3) is 0.154. The Morgan fingerprint density at radius 2 is 1.80 bits per heavy atom. The van der Waals surface area contributed by atoms with E-state index in [9.17, 15) is 9.18 Å². The van der Waals surface area contributed by atoms with E-state index in [4.69, 9.17) is 26.4 Å². The quantitative estimate of drug-likeness (QED) is 0.214. The molecule has 0 unspecified atom stereocenters. The monoisotopic (exact) mass is 573 g/mol. The Morgan fingerprint density at radius 3 is 2.46 bits per heavy atom. The molecule has 9 heteroatoms. The Kier molecular flexibility index (Phi) is 8.10. The van der Waals surface area contributed by atoms with Gasteiger partial charge in [-0.15, -0.1) is 0 Å². The molecule has 3 aromatic carbocycles. The highest BCUT2D eigenvalue weighted by molar-refractivity contribution is 9.10. The van der Waals surface area contributed by atoms with Crippen molar-refractivity contribution in [3.63, 3.8) is 0 Å². The van der Waals surface area contributed by atoms with Crippen LogP contribution in [0.2, 0.25) is 0 Å². The molecular formula is C26H21BrFNO4S2. The number of thioether (sulfide) groups is 1. The maximum absolute atomic E-state index is 13.2. The van der Waals surface area contributed by atoms with Crippen molar-refractivity contribution in [3.8, 4) is 17.2 Å². The zero-order valence-electron chi connectivity index (χ0n) is 18.9. The first-order valence-electron chi connectivity index (χ1n) is 10.6. The van der Waals surface area contributed by atoms with E-state index in [1.165, 1.54) is 28.8 Å². The molecule has 3 aromatic rings. The molecule has 1 heterocycles. The molecule has 5 nitrogen and oxygen atoms in total. The number of nitrogens with zero attached hydrogens (tertiary/aromatic N) is 1. The number of anilines is 1. The topological polar surface area (TPSA) is 48.0 Å². The molecule has 4 rings (SSSR count). The number of carbonyl (C=O) groups is 1. The lowest BCUT2D eigenvalue weighted by atomic mass is 10.1. The van der Waals surface area contributed by atoms with Crippen LogP contribution in [0.5, 0.6) is 17.2 Å². The number of hydrogen-bond acceptors (Lipinski definition) is 6. The zero-order valence-corrected chi connectivity index (χ0v) is 22.1. The Balaban J connectivity index is 1.58. The van der Waals surface area contributed by atoms with Crippen molar-refractivity contribution in [1.29, 1.82) is 0 Å². The van der Waals surface area contributed by atoms with Crippen molar-refractivity contribution in [2.75, 3.05) is 18.6 Å². The molecule has 1 fully saturated rings. The largest absolute Gasteiger partial charge is 0.497 e. The number of carbonyl (C=O) groups excluding carboxylic acids is 1. The van der Waals surface area contributed by atoms with Crippen LogP contribution in [0.4, 0.5) is 10.1 Å². The van der Waals surface area contributed by atoms with Crippen LogP contribution >= 0.6 is 39.9 Å². The first-order valence-corrected chi connectivity index (χ1v) is 12.7. The summed E-state index contributed by atoms with van der Waals surface area (Å²) in [7, 11) is 1.59. The third-order valence-electron chi connectivity index (χ3n) is 5.05. The molecule has 0 saturated carbocycles. The summed E-state index contributed by atoms with van der Waals surface area (Å²) < 4.78 is 31.3. The van der Waals surface area contributed by atoms with Crippen molar-refractivity contribution in [3.05, 3.63) is 87.0 Å². The van der Waals surface area contributed by atoms with E-state index in [2.05, 4.69) is 15.9 Å². The lowest BCUT2D eigenvalue weighted by molar-refractivity contribution is -0.113. The van der Waals surface area contributed by atoms with Crippen LogP contribution in [0.1, 0.15) is 18.1 Å². The van der Waals surface area contributed by atoms with Gasteiger partial charge in [-0.1, -0.05) is 36.1 Å². The van der Waals surface area contributed by atoms with E-state index in [-0.39, 0.29) is 18.3 Å². The van der Waals surface area contributed by atoms with Crippen LogP contribution in [-0.4, -0.2) is 23.9 Å². The van der Waals surface area contributed by atoms with Crippen LogP contribution < -0.4 is 19.1 Å². The number of thiocarbonyl (C=S) groups is 1. The Morgan fingerprint density at radius 1 is 1.09 bits per heavy atom. The maximum Gasteiger partial charge on any atom is 0.270 e. The number of methoxy groups -OCH3 is 1. The molecule has 1 aliphatic heterocycles. The molecule has 1 amide bonds. The van der Waals surface area contributed by atoms with E-state index >= 15 is 0 Å². The van der Waals surface area contributed by atoms with Crippen LogP contribution in [0.3, 0.4) is 0 Å². The summed E-state index contributed by atoms with van der Waals surface area (Å²) >= 11 is 10.3. The Hall–Kier alpha value is -2.88. The number of ether oxygens (including phenoxy) is 3. The number of halogens is 2. The third kappa shape index (κ3) is 5.86. The molecule has 0 radical (unpaired) electrons. The van der Waals surface area contributed by atoms with Crippen molar-refractivity contribution in [2.45, 2.75) is 13.5 Å². The Bertz CT molecular complexity index is 1280. The number of hydrogen-bond donors (Lipinski definition) is 0. The number of benzene rings is 3. The first-order chi connectivity index (χ1) is 16.9. The second kappa shape index (κ2) is 11.2. The second-order valence-corrected chi connectivity index (χ2v) is 9.92. The van der Waals surface area contributed by atoms with Gasteiger partial charge in [-0.25, -0.2) is 4.39 Å². The van der Waals surface area contributed by atoms with E-state index in [0.29, 0.717) is 43.2 Å². The molecule has 0 atom stereocenters. The highest BCUT2D eigenvalue weighted by atomic mass is 79.9. The predicted molar refractivity (Wildman–Crippen MR) is 145 cm³/mol. The zero-order chi connectivity index (χ0) is 24.9. The number of amides is 1. The van der Waals surface area contributed by atoms with Gasteiger partial charge in [0.1, 0.15) is 18.2 Å². The van der Waals surface area contributed by atoms with E-state index in [0.717, 1.165) is 11.1 Å². The molecule has 0 aliphatic carbocycles. The summed E-state index contributed by atoms with van der Waals surface area (Å²) in [5.74, 6) is 1.26. The van der Waals surface area contributed by atoms with Gasteiger partial charge < -0.3 is 14.2 Å². The molecule has 0 aromatic heterocycles. The van der Waals surface area contributed by atoms with E-state index < -0.39 is 0 Å². The SMILES string of the molecule is CCOc1cc(/C=C2/SC(=S)N(c3ccc(OC)cc3)C2=O)cc(Br)c1OCc1ccc(F)cc1. The second-order valence-electron chi connectivity index (χ2n) is 7.39. The summed E-state index contributed by atoms with van der Waals surface area (Å²) in [4.78, 5) is 15.1. The summed E-state index contributed by atoms with van der Waals surface area (Å²) in [5.41, 5.74) is 2.26. The molecular weight excluding hydrogens is 553 g/mol. The van der Waals surface area contributed by atoms with Crippen molar-refractivity contribution in [2.24, 2.45) is 0 Å². The molecule has 0 bridgehead atoms. The maximum atomic E-state index is 13.2. The Labute approximate surface area is 221 Å². The molecule has 35 heavy (non-hydrogen) atoms. The van der Waals surface area contributed by atoms with Crippen LogP contribution in [0.25, 0.3) is 6.08 Å². The average molecular weight is 574 g/mol. The van der Waals surface area contributed by atoms with Gasteiger partial charge >= 0.3 is 0 Å². The predicted octanol–water partition coefficient (Wildman–Crippen LogP) is 6.98. The highest BCUT2D eigenvalue weighted by Gasteiger charge is 2.33. The summed E-state index contributed by atoms with van der Waals surface area (Å²) in [6, 6.07) is 16.9. The van der Waals surface area contributed by atoms with Gasteiger partial charge in [-0.2, -0.15) is 0 Å². The summed E-state index contributed by atoms with van der Waals surface area (Å²) in [6.45, 7) is 2.56. The highest BCUT2D eigenvalue weighted by Crippen LogP contribution is 2.40. The molecule has 1 aliphatic rings. The molecule has 1 saturated heterocycles. The summed E-state index contributed by atoms with van der Waals surface area (Å²) in [5, 5.41) is 0. The van der Waals surface area contributed by atoms with Gasteiger partial charge in [0.05, 0.1) is 28.8 Å². The lowest BCUT2D eigenvalue weighted by Gasteiger charge is -2.15. The minimum atomic E-state index is -0.299. The van der Waals surface area contributed by atoms with Gasteiger partial charge in [-0.3, -0.25) is 9.69 Å². The van der Waals surface area contributed by atoms with E-state index in [1.54, 1.807) is 49.6 Å².